The molecule has 0 atom stereocenters. The number of piperazine rings is 1. The highest BCUT2D eigenvalue weighted by Crippen LogP contribution is 2.24. The van der Waals surface area contributed by atoms with Crippen molar-refractivity contribution in [1.82, 2.24) is 19.8 Å². The summed E-state index contributed by atoms with van der Waals surface area (Å²) in [5.74, 6) is -0.0287. The lowest BCUT2D eigenvalue weighted by Gasteiger charge is -2.34. The Morgan fingerprint density at radius 2 is 1.75 bits per heavy atom. The van der Waals surface area contributed by atoms with Crippen molar-refractivity contribution >= 4 is 34.1 Å². The molecule has 2 aromatic heterocycles. The normalized spacial score (nSPS) is 14.2. The summed E-state index contributed by atoms with van der Waals surface area (Å²) in [6.07, 6.45) is 5.02. The van der Waals surface area contributed by atoms with Crippen LogP contribution in [0.15, 0.2) is 55.0 Å². The Hall–Kier alpha value is -3.48. The van der Waals surface area contributed by atoms with Crippen LogP contribution in [0.2, 0.25) is 0 Å². The van der Waals surface area contributed by atoms with Crippen molar-refractivity contribution in [3.8, 4) is 0 Å². The molecule has 2 amide bonds. The Morgan fingerprint density at radius 3 is 2.54 bits per heavy atom. The molecule has 0 aliphatic carbocycles. The van der Waals surface area contributed by atoms with E-state index in [0.717, 1.165) is 22.3 Å². The Kier molecular flexibility index (Phi) is 4.89. The minimum Gasteiger partial charge on any atom is -0.352 e. The molecular weight excluding hydrogens is 354 g/mol. The van der Waals surface area contributed by atoms with Crippen LogP contribution in [-0.2, 0) is 4.79 Å². The van der Waals surface area contributed by atoms with Gasteiger partial charge in [-0.25, -0.2) is 0 Å². The van der Waals surface area contributed by atoms with Crippen LogP contribution in [0.1, 0.15) is 17.3 Å². The zero-order valence-corrected chi connectivity index (χ0v) is 15.6. The highest BCUT2D eigenvalue weighted by molar-refractivity contribution is 5.96. The van der Waals surface area contributed by atoms with E-state index in [9.17, 15) is 9.59 Å². The van der Waals surface area contributed by atoms with E-state index in [1.54, 1.807) is 41.4 Å². The molecule has 1 aromatic carbocycles. The van der Waals surface area contributed by atoms with Crippen LogP contribution in [0.4, 0.5) is 11.4 Å². The zero-order chi connectivity index (χ0) is 19.5. The Labute approximate surface area is 163 Å². The zero-order valence-electron chi connectivity index (χ0n) is 15.6. The van der Waals surface area contributed by atoms with Gasteiger partial charge in [0.25, 0.3) is 5.91 Å². The predicted octanol–water partition coefficient (Wildman–Crippen LogP) is 2.68. The summed E-state index contributed by atoms with van der Waals surface area (Å²) in [6, 6.07) is 11.6. The summed E-state index contributed by atoms with van der Waals surface area (Å²) in [5.41, 5.74) is 2.97. The van der Waals surface area contributed by atoms with Crippen LogP contribution in [0, 0.1) is 0 Å². The largest absolute Gasteiger partial charge is 0.352 e. The number of benzene rings is 1. The molecule has 1 aliphatic rings. The predicted molar refractivity (Wildman–Crippen MR) is 107 cm³/mol. The molecule has 1 aliphatic heterocycles. The minimum atomic E-state index is -0.0737. The number of hydrogen-bond donors (Lipinski definition) is 1. The molecule has 0 radical (unpaired) electrons. The molecule has 3 heterocycles. The van der Waals surface area contributed by atoms with Crippen molar-refractivity contribution < 1.29 is 9.59 Å². The second-order valence-corrected chi connectivity index (χ2v) is 6.77. The van der Waals surface area contributed by atoms with Crippen molar-refractivity contribution in [2.75, 3.05) is 31.5 Å². The maximum Gasteiger partial charge on any atom is 0.255 e. The van der Waals surface area contributed by atoms with Crippen LogP contribution < -0.4 is 5.32 Å². The standard InChI is InChI=1S/C21H21N5O2/c1-15(27)25-8-10-26(11-9-25)21(28)17-12-18(14-22-13-17)24-19-6-2-4-16-5-3-7-23-20(16)19/h2-7,12-14,24H,8-11H2,1H3. The number of aromatic nitrogens is 2. The second kappa shape index (κ2) is 7.64. The Bertz CT molecular complexity index is 1020. The van der Waals surface area contributed by atoms with E-state index in [-0.39, 0.29) is 11.8 Å². The Morgan fingerprint density at radius 1 is 1.00 bits per heavy atom. The maximum absolute atomic E-state index is 12.8. The van der Waals surface area contributed by atoms with Crippen molar-refractivity contribution in [3.05, 3.63) is 60.6 Å². The molecule has 0 unspecified atom stereocenters. The Balaban J connectivity index is 1.52. The van der Waals surface area contributed by atoms with Crippen molar-refractivity contribution in [1.29, 1.82) is 0 Å². The first kappa shape index (κ1) is 17.9. The van der Waals surface area contributed by atoms with E-state index in [1.165, 1.54) is 0 Å². The summed E-state index contributed by atoms with van der Waals surface area (Å²) in [5, 5.41) is 4.36. The van der Waals surface area contributed by atoms with Crippen LogP contribution in [0.3, 0.4) is 0 Å². The maximum atomic E-state index is 12.8. The van der Waals surface area contributed by atoms with Crippen molar-refractivity contribution in [2.24, 2.45) is 0 Å². The summed E-state index contributed by atoms with van der Waals surface area (Å²) >= 11 is 0. The van der Waals surface area contributed by atoms with Crippen LogP contribution in [0.25, 0.3) is 10.9 Å². The average molecular weight is 375 g/mol. The molecule has 0 bridgehead atoms. The molecule has 1 fully saturated rings. The summed E-state index contributed by atoms with van der Waals surface area (Å²) in [6.45, 7) is 3.74. The van der Waals surface area contributed by atoms with E-state index in [1.807, 2.05) is 30.3 Å². The van der Waals surface area contributed by atoms with Gasteiger partial charge < -0.3 is 15.1 Å². The first-order valence-corrected chi connectivity index (χ1v) is 9.22. The number of amides is 2. The van der Waals surface area contributed by atoms with Gasteiger partial charge in [0.05, 0.1) is 28.7 Å². The van der Waals surface area contributed by atoms with Gasteiger partial charge in [-0.15, -0.1) is 0 Å². The fraction of sp³-hybridized carbons (Fsp3) is 0.238. The molecule has 1 saturated heterocycles. The third-order valence-corrected chi connectivity index (χ3v) is 4.91. The van der Waals surface area contributed by atoms with Crippen molar-refractivity contribution in [2.45, 2.75) is 6.92 Å². The molecule has 142 valence electrons. The van der Waals surface area contributed by atoms with Gasteiger partial charge in [-0.05, 0) is 18.2 Å². The number of fused-ring (bicyclic) bond motifs is 1. The van der Waals surface area contributed by atoms with E-state index in [0.29, 0.717) is 31.7 Å². The van der Waals surface area contributed by atoms with Gasteiger partial charge in [-0.2, -0.15) is 0 Å². The topological polar surface area (TPSA) is 78.4 Å². The van der Waals surface area contributed by atoms with Crippen molar-refractivity contribution in [3.63, 3.8) is 0 Å². The number of nitrogens with zero attached hydrogens (tertiary/aromatic N) is 4. The minimum absolute atomic E-state index is 0.0451. The number of hydrogen-bond acceptors (Lipinski definition) is 5. The molecule has 0 saturated carbocycles. The van der Waals surface area contributed by atoms with E-state index >= 15 is 0 Å². The molecular formula is C21H21N5O2. The molecule has 7 nitrogen and oxygen atoms in total. The monoisotopic (exact) mass is 375 g/mol. The van der Waals surface area contributed by atoms with Gasteiger partial charge in [0.2, 0.25) is 5.91 Å². The number of carbonyl (C=O) groups is 2. The number of anilines is 2. The highest BCUT2D eigenvalue weighted by atomic mass is 16.2. The lowest BCUT2D eigenvalue weighted by atomic mass is 10.1. The van der Waals surface area contributed by atoms with E-state index in [4.69, 9.17) is 0 Å². The fourth-order valence-corrected chi connectivity index (χ4v) is 3.39. The summed E-state index contributed by atoms with van der Waals surface area (Å²) < 4.78 is 0. The second-order valence-electron chi connectivity index (χ2n) is 6.77. The van der Waals surface area contributed by atoms with Crippen LogP contribution >= 0.6 is 0 Å². The third-order valence-electron chi connectivity index (χ3n) is 4.91. The van der Waals surface area contributed by atoms with E-state index < -0.39 is 0 Å². The van der Waals surface area contributed by atoms with E-state index in [2.05, 4.69) is 15.3 Å². The fourth-order valence-electron chi connectivity index (χ4n) is 3.39. The van der Waals surface area contributed by atoms with Gasteiger partial charge in [0, 0.05) is 50.9 Å². The first-order chi connectivity index (χ1) is 13.6. The number of nitrogens with one attached hydrogen (secondary N) is 1. The summed E-state index contributed by atoms with van der Waals surface area (Å²) in [4.78, 5) is 36.5. The smallest absolute Gasteiger partial charge is 0.255 e. The number of pyridine rings is 2. The van der Waals surface area contributed by atoms with Crippen LogP contribution in [0.5, 0.6) is 0 Å². The lowest BCUT2D eigenvalue weighted by molar-refractivity contribution is -0.130. The molecule has 3 aromatic rings. The summed E-state index contributed by atoms with van der Waals surface area (Å²) in [7, 11) is 0. The SMILES string of the molecule is CC(=O)N1CCN(C(=O)c2cncc(Nc3cccc4cccnc34)c2)CC1. The average Bonchev–Trinajstić information content (AvgIpc) is 2.74. The third kappa shape index (κ3) is 3.64. The molecule has 4 rings (SSSR count). The van der Waals surface area contributed by atoms with Gasteiger partial charge in [0.15, 0.2) is 0 Å². The highest BCUT2D eigenvalue weighted by Gasteiger charge is 2.23. The number of para-hydroxylation sites is 1. The van der Waals surface area contributed by atoms with Gasteiger partial charge >= 0.3 is 0 Å². The quantitative estimate of drug-likeness (QED) is 0.761. The van der Waals surface area contributed by atoms with Gasteiger partial charge in [-0.3, -0.25) is 19.6 Å². The van der Waals surface area contributed by atoms with Gasteiger partial charge in [0.1, 0.15) is 0 Å². The molecule has 1 N–H and O–H groups in total. The van der Waals surface area contributed by atoms with Gasteiger partial charge in [-0.1, -0.05) is 18.2 Å². The molecule has 7 heteroatoms. The number of rotatable bonds is 3. The molecule has 28 heavy (non-hydrogen) atoms. The lowest BCUT2D eigenvalue weighted by Crippen LogP contribution is -2.50. The van der Waals surface area contributed by atoms with Crippen LogP contribution in [-0.4, -0.2) is 57.8 Å². The first-order valence-electron chi connectivity index (χ1n) is 9.22. The number of carbonyl (C=O) groups excluding carboxylic acids is 2. The molecule has 0 spiro atoms.